The number of amides is 2. The predicted molar refractivity (Wildman–Crippen MR) is 121 cm³/mol. The van der Waals surface area contributed by atoms with Gasteiger partial charge < -0.3 is 15.4 Å². The van der Waals surface area contributed by atoms with Gasteiger partial charge in [-0.2, -0.15) is 0 Å². The number of carbonyl (C=O) groups excluding carboxylic acids is 2. The van der Waals surface area contributed by atoms with E-state index in [4.69, 9.17) is 4.74 Å². The summed E-state index contributed by atoms with van der Waals surface area (Å²) in [6.07, 6.45) is 1.83. The van der Waals surface area contributed by atoms with Crippen LogP contribution < -0.4 is 10.6 Å². The number of methoxy groups -OCH3 is 1. The largest absolute Gasteiger partial charge is 0.383 e. The number of benzene rings is 2. The highest BCUT2D eigenvalue weighted by atomic mass is 79.9. The number of ether oxygens (including phenoxy) is 1. The molecule has 0 radical (unpaired) electrons. The number of carbonyl (C=O) groups is 2. The third kappa shape index (κ3) is 6.39. The lowest BCUT2D eigenvalue weighted by Crippen LogP contribution is -2.40. The van der Waals surface area contributed by atoms with Gasteiger partial charge in [-0.25, -0.2) is 0 Å². The first-order valence-corrected chi connectivity index (χ1v) is 11.0. The van der Waals surface area contributed by atoms with Gasteiger partial charge in [-0.1, -0.05) is 40.2 Å². The van der Waals surface area contributed by atoms with E-state index in [1.165, 1.54) is 5.56 Å². The van der Waals surface area contributed by atoms with Crippen molar-refractivity contribution in [2.45, 2.75) is 19.4 Å². The molecule has 1 aliphatic rings. The Bertz CT molecular complexity index is 874. The number of likely N-dealkylation sites (tertiary alicyclic amines) is 1. The van der Waals surface area contributed by atoms with E-state index >= 15 is 0 Å². The molecule has 1 atom stereocenters. The standard InChI is InChI=1S/C23H28BrN3O3/c1-30-13-11-25-23(29)20-9-2-3-10-21(20)26-22(28)18-7-5-12-27(16-18)15-17-6-4-8-19(24)14-17/h2-4,6,8-10,14,18H,5,7,11-13,15-16H2,1H3,(H,25,29)(H,26,28). The van der Waals surface area contributed by atoms with Gasteiger partial charge in [0, 0.05) is 31.2 Å². The van der Waals surface area contributed by atoms with Gasteiger partial charge in [-0.15, -0.1) is 0 Å². The third-order valence-electron chi connectivity index (χ3n) is 5.19. The van der Waals surface area contributed by atoms with Crippen molar-refractivity contribution >= 4 is 33.4 Å². The van der Waals surface area contributed by atoms with Gasteiger partial charge in [0.1, 0.15) is 0 Å². The summed E-state index contributed by atoms with van der Waals surface area (Å²) in [6.45, 7) is 3.37. The molecule has 2 N–H and O–H groups in total. The second-order valence-electron chi connectivity index (χ2n) is 7.49. The molecule has 160 valence electrons. The van der Waals surface area contributed by atoms with Crippen molar-refractivity contribution in [2.75, 3.05) is 38.7 Å². The van der Waals surface area contributed by atoms with Gasteiger partial charge in [-0.3, -0.25) is 14.5 Å². The summed E-state index contributed by atoms with van der Waals surface area (Å²) in [5.74, 6) is -0.357. The molecule has 2 aromatic carbocycles. The van der Waals surface area contributed by atoms with Crippen LogP contribution in [0, 0.1) is 5.92 Å². The molecule has 6 nitrogen and oxygen atoms in total. The third-order valence-corrected chi connectivity index (χ3v) is 5.69. The number of hydrogen-bond donors (Lipinski definition) is 2. The molecule has 1 unspecified atom stereocenters. The first-order valence-electron chi connectivity index (χ1n) is 10.2. The van der Waals surface area contributed by atoms with Gasteiger partial charge in [0.15, 0.2) is 0 Å². The van der Waals surface area contributed by atoms with Crippen LogP contribution in [-0.4, -0.2) is 50.1 Å². The van der Waals surface area contributed by atoms with Crippen LogP contribution in [-0.2, 0) is 16.1 Å². The molecule has 3 rings (SSSR count). The summed E-state index contributed by atoms with van der Waals surface area (Å²) in [7, 11) is 1.59. The Morgan fingerprint density at radius 3 is 2.83 bits per heavy atom. The van der Waals surface area contributed by atoms with E-state index < -0.39 is 0 Å². The highest BCUT2D eigenvalue weighted by Crippen LogP contribution is 2.23. The Morgan fingerprint density at radius 2 is 2.03 bits per heavy atom. The number of rotatable bonds is 8. The van der Waals surface area contributed by atoms with Crippen molar-refractivity contribution in [1.29, 1.82) is 0 Å². The fourth-order valence-corrected chi connectivity index (χ4v) is 4.14. The molecule has 2 aromatic rings. The predicted octanol–water partition coefficient (Wildman–Crippen LogP) is 3.68. The quantitative estimate of drug-likeness (QED) is 0.573. The average molecular weight is 474 g/mol. The normalized spacial score (nSPS) is 16.8. The number of para-hydroxylation sites is 1. The first-order chi connectivity index (χ1) is 14.6. The van der Waals surface area contributed by atoms with Crippen molar-refractivity contribution in [3.63, 3.8) is 0 Å². The zero-order valence-corrected chi connectivity index (χ0v) is 18.8. The van der Waals surface area contributed by atoms with E-state index in [2.05, 4.69) is 43.6 Å². The summed E-state index contributed by atoms with van der Waals surface area (Å²) >= 11 is 3.51. The van der Waals surface area contributed by atoms with Crippen molar-refractivity contribution in [1.82, 2.24) is 10.2 Å². The zero-order chi connectivity index (χ0) is 21.3. The van der Waals surface area contributed by atoms with Gasteiger partial charge >= 0.3 is 0 Å². The van der Waals surface area contributed by atoms with Gasteiger partial charge in [0.2, 0.25) is 5.91 Å². The Balaban J connectivity index is 1.61. The van der Waals surface area contributed by atoms with Crippen LogP contribution in [0.3, 0.4) is 0 Å². The van der Waals surface area contributed by atoms with Crippen molar-refractivity contribution in [3.05, 3.63) is 64.1 Å². The highest BCUT2D eigenvalue weighted by molar-refractivity contribution is 9.10. The number of halogens is 1. The van der Waals surface area contributed by atoms with Gasteiger partial charge in [0.25, 0.3) is 5.91 Å². The molecule has 1 saturated heterocycles. The van der Waals surface area contributed by atoms with E-state index in [-0.39, 0.29) is 17.7 Å². The van der Waals surface area contributed by atoms with E-state index in [0.717, 1.165) is 30.4 Å². The molecule has 1 fully saturated rings. The lowest BCUT2D eigenvalue weighted by Gasteiger charge is -2.32. The van der Waals surface area contributed by atoms with Crippen molar-refractivity contribution in [3.8, 4) is 0 Å². The summed E-state index contributed by atoms with van der Waals surface area (Å²) in [6, 6.07) is 15.4. The SMILES string of the molecule is COCCNC(=O)c1ccccc1NC(=O)C1CCCN(Cc2cccc(Br)c2)C1. The van der Waals surface area contributed by atoms with Crippen LogP contribution in [0.2, 0.25) is 0 Å². The second kappa shape index (κ2) is 11.2. The number of piperidine rings is 1. The van der Waals surface area contributed by atoms with Crippen LogP contribution in [0.1, 0.15) is 28.8 Å². The maximum absolute atomic E-state index is 13.0. The summed E-state index contributed by atoms with van der Waals surface area (Å²) in [4.78, 5) is 27.7. The van der Waals surface area contributed by atoms with Crippen LogP contribution >= 0.6 is 15.9 Å². The zero-order valence-electron chi connectivity index (χ0n) is 17.2. The molecule has 0 bridgehead atoms. The van der Waals surface area contributed by atoms with E-state index in [0.29, 0.717) is 30.9 Å². The molecule has 0 aromatic heterocycles. The maximum atomic E-state index is 13.0. The molecule has 0 aliphatic carbocycles. The lowest BCUT2D eigenvalue weighted by molar-refractivity contribution is -0.121. The molecule has 0 saturated carbocycles. The van der Waals surface area contributed by atoms with Gasteiger partial charge in [0.05, 0.1) is 23.8 Å². The smallest absolute Gasteiger partial charge is 0.253 e. The van der Waals surface area contributed by atoms with Crippen LogP contribution in [0.4, 0.5) is 5.69 Å². The molecular formula is C23H28BrN3O3. The molecule has 30 heavy (non-hydrogen) atoms. The minimum absolute atomic E-state index is 0.0360. The Kier molecular flexibility index (Phi) is 8.42. The number of nitrogens with zero attached hydrogens (tertiary/aromatic N) is 1. The van der Waals surface area contributed by atoms with Crippen molar-refractivity contribution < 1.29 is 14.3 Å². The van der Waals surface area contributed by atoms with Crippen LogP contribution in [0.25, 0.3) is 0 Å². The number of anilines is 1. The Labute approximate surface area is 186 Å². The van der Waals surface area contributed by atoms with E-state index in [1.807, 2.05) is 18.2 Å². The second-order valence-corrected chi connectivity index (χ2v) is 8.40. The van der Waals surface area contributed by atoms with Gasteiger partial charge in [-0.05, 0) is 49.2 Å². The monoisotopic (exact) mass is 473 g/mol. The Morgan fingerprint density at radius 1 is 1.20 bits per heavy atom. The minimum atomic E-state index is -0.220. The molecule has 2 amide bonds. The van der Waals surface area contributed by atoms with Crippen molar-refractivity contribution in [2.24, 2.45) is 5.92 Å². The molecule has 7 heteroatoms. The summed E-state index contributed by atoms with van der Waals surface area (Å²) in [5, 5.41) is 5.78. The fraction of sp³-hybridized carbons (Fsp3) is 0.391. The maximum Gasteiger partial charge on any atom is 0.253 e. The summed E-state index contributed by atoms with van der Waals surface area (Å²) in [5.41, 5.74) is 2.23. The fourth-order valence-electron chi connectivity index (χ4n) is 3.69. The van der Waals surface area contributed by atoms with E-state index in [9.17, 15) is 9.59 Å². The molecule has 1 heterocycles. The van der Waals surface area contributed by atoms with Crippen LogP contribution in [0.15, 0.2) is 53.0 Å². The molecular weight excluding hydrogens is 446 g/mol. The van der Waals surface area contributed by atoms with Crippen LogP contribution in [0.5, 0.6) is 0 Å². The Hall–Kier alpha value is -2.22. The highest BCUT2D eigenvalue weighted by Gasteiger charge is 2.26. The van der Waals surface area contributed by atoms with E-state index in [1.54, 1.807) is 25.3 Å². The molecule has 0 spiro atoms. The molecule has 1 aliphatic heterocycles. The number of nitrogens with one attached hydrogen (secondary N) is 2. The number of hydrogen-bond acceptors (Lipinski definition) is 4. The average Bonchev–Trinajstić information content (AvgIpc) is 2.74. The lowest BCUT2D eigenvalue weighted by atomic mass is 9.96. The first kappa shape index (κ1) is 22.5. The summed E-state index contributed by atoms with van der Waals surface area (Å²) < 4.78 is 6.03. The topological polar surface area (TPSA) is 70.7 Å². The minimum Gasteiger partial charge on any atom is -0.383 e.